The lowest BCUT2D eigenvalue weighted by molar-refractivity contribution is 0.696. The molecule has 0 radical (unpaired) electrons. The highest BCUT2D eigenvalue weighted by molar-refractivity contribution is 5.23. The molecule has 4 nitrogen and oxygen atoms in total. The minimum Gasteiger partial charge on any atom is -0.368 e. The van der Waals surface area contributed by atoms with Gasteiger partial charge in [0.25, 0.3) is 0 Å². The highest BCUT2D eigenvalue weighted by atomic mass is 15.4. The lowest BCUT2D eigenvalue weighted by atomic mass is 10.1. The average molecular weight is 188 g/mol. The van der Waals surface area contributed by atoms with Gasteiger partial charge in [-0.15, -0.1) is 0 Å². The molecular weight excluding hydrogens is 176 g/mol. The molecule has 0 unspecified atom stereocenters. The summed E-state index contributed by atoms with van der Waals surface area (Å²) in [6, 6.07) is 8.28. The number of anilines is 1. The van der Waals surface area contributed by atoms with Gasteiger partial charge in [0.1, 0.15) is 6.33 Å². The number of nitrogen functional groups attached to an aromatic ring is 1. The molecule has 1 heterocycles. The van der Waals surface area contributed by atoms with Crippen LogP contribution in [0.5, 0.6) is 0 Å². The molecule has 0 atom stereocenters. The molecule has 0 spiro atoms. The Bertz CT molecular complexity index is 416. The van der Waals surface area contributed by atoms with Gasteiger partial charge in [-0.25, -0.2) is 9.67 Å². The third-order valence-electron chi connectivity index (χ3n) is 2.10. The van der Waals surface area contributed by atoms with E-state index in [0.29, 0.717) is 12.5 Å². The molecule has 72 valence electrons. The zero-order chi connectivity index (χ0) is 9.97. The fourth-order valence-corrected chi connectivity index (χ4v) is 1.26. The fraction of sp³-hybridized carbons (Fsp3) is 0.200. The molecule has 0 fully saturated rings. The SMILES string of the molecule is Cc1ccc(Cn2ncnc2N)cc1. The van der Waals surface area contributed by atoms with Crippen LogP contribution in [0.2, 0.25) is 0 Å². The molecule has 0 bridgehead atoms. The van der Waals surface area contributed by atoms with Gasteiger partial charge in [-0.3, -0.25) is 0 Å². The van der Waals surface area contributed by atoms with Crippen LogP contribution < -0.4 is 5.73 Å². The first kappa shape index (κ1) is 8.74. The Morgan fingerprint density at radius 2 is 2.00 bits per heavy atom. The number of aromatic nitrogens is 3. The molecule has 1 aromatic carbocycles. The topological polar surface area (TPSA) is 56.7 Å². The summed E-state index contributed by atoms with van der Waals surface area (Å²) in [5.74, 6) is 0.450. The summed E-state index contributed by atoms with van der Waals surface area (Å²) in [5, 5.41) is 4.01. The van der Waals surface area contributed by atoms with Gasteiger partial charge in [0.15, 0.2) is 0 Å². The molecule has 2 rings (SSSR count). The van der Waals surface area contributed by atoms with Crippen LogP contribution >= 0.6 is 0 Å². The smallest absolute Gasteiger partial charge is 0.218 e. The van der Waals surface area contributed by atoms with E-state index in [9.17, 15) is 0 Å². The summed E-state index contributed by atoms with van der Waals surface area (Å²) < 4.78 is 1.67. The number of hydrogen-bond donors (Lipinski definition) is 1. The molecule has 14 heavy (non-hydrogen) atoms. The van der Waals surface area contributed by atoms with E-state index in [0.717, 1.165) is 0 Å². The van der Waals surface area contributed by atoms with Crippen molar-refractivity contribution >= 4 is 5.95 Å². The largest absolute Gasteiger partial charge is 0.368 e. The van der Waals surface area contributed by atoms with Crippen molar-refractivity contribution in [3.05, 3.63) is 41.7 Å². The molecule has 0 amide bonds. The van der Waals surface area contributed by atoms with E-state index < -0.39 is 0 Å². The van der Waals surface area contributed by atoms with Crippen LogP contribution in [0.4, 0.5) is 5.95 Å². The predicted molar refractivity (Wildman–Crippen MR) is 54.7 cm³/mol. The van der Waals surface area contributed by atoms with Crippen LogP contribution in [0.15, 0.2) is 30.6 Å². The second kappa shape index (κ2) is 3.49. The molecule has 0 aliphatic carbocycles. The maximum Gasteiger partial charge on any atom is 0.218 e. The van der Waals surface area contributed by atoms with Gasteiger partial charge in [-0.1, -0.05) is 29.8 Å². The van der Waals surface area contributed by atoms with Gasteiger partial charge >= 0.3 is 0 Å². The third-order valence-corrected chi connectivity index (χ3v) is 2.10. The summed E-state index contributed by atoms with van der Waals surface area (Å²) >= 11 is 0. The zero-order valence-corrected chi connectivity index (χ0v) is 8.01. The Hall–Kier alpha value is -1.84. The van der Waals surface area contributed by atoms with Crippen molar-refractivity contribution in [3.63, 3.8) is 0 Å². The maximum atomic E-state index is 5.61. The molecule has 2 N–H and O–H groups in total. The monoisotopic (exact) mass is 188 g/mol. The normalized spacial score (nSPS) is 10.4. The van der Waals surface area contributed by atoms with Gasteiger partial charge < -0.3 is 5.73 Å². The van der Waals surface area contributed by atoms with Crippen molar-refractivity contribution in [2.24, 2.45) is 0 Å². The summed E-state index contributed by atoms with van der Waals surface area (Å²) in [5.41, 5.74) is 8.03. The molecule has 4 heteroatoms. The zero-order valence-electron chi connectivity index (χ0n) is 8.01. The van der Waals surface area contributed by atoms with Crippen molar-refractivity contribution in [1.82, 2.24) is 14.8 Å². The van der Waals surface area contributed by atoms with Gasteiger partial charge in [0, 0.05) is 0 Å². The maximum absolute atomic E-state index is 5.61. The Morgan fingerprint density at radius 3 is 2.57 bits per heavy atom. The van der Waals surface area contributed by atoms with E-state index in [1.165, 1.54) is 17.5 Å². The molecule has 2 aromatic rings. The summed E-state index contributed by atoms with van der Waals surface area (Å²) in [4.78, 5) is 3.86. The Morgan fingerprint density at radius 1 is 1.29 bits per heavy atom. The van der Waals surface area contributed by atoms with E-state index >= 15 is 0 Å². The number of nitrogens with two attached hydrogens (primary N) is 1. The summed E-state index contributed by atoms with van der Waals surface area (Å²) in [7, 11) is 0. The molecule has 0 aliphatic rings. The predicted octanol–water partition coefficient (Wildman–Crippen LogP) is 1.22. The highest BCUT2D eigenvalue weighted by Crippen LogP contribution is 2.06. The van der Waals surface area contributed by atoms with Gasteiger partial charge in [0.2, 0.25) is 5.95 Å². The lowest BCUT2D eigenvalue weighted by Crippen LogP contribution is -2.06. The van der Waals surface area contributed by atoms with Gasteiger partial charge in [-0.05, 0) is 12.5 Å². The first-order valence-electron chi connectivity index (χ1n) is 4.44. The molecule has 0 aliphatic heterocycles. The molecule has 1 aromatic heterocycles. The molecule has 0 saturated carbocycles. The van der Waals surface area contributed by atoms with Crippen LogP contribution in [0.3, 0.4) is 0 Å². The van der Waals surface area contributed by atoms with Crippen molar-refractivity contribution in [3.8, 4) is 0 Å². The number of benzene rings is 1. The van der Waals surface area contributed by atoms with Crippen LogP contribution in [0.25, 0.3) is 0 Å². The standard InChI is InChI=1S/C10H12N4/c1-8-2-4-9(5-3-8)6-14-10(11)12-7-13-14/h2-5,7H,6H2,1H3,(H2,11,12,13). The van der Waals surface area contributed by atoms with Crippen LogP contribution in [0.1, 0.15) is 11.1 Å². The van der Waals surface area contributed by atoms with Gasteiger partial charge in [0.05, 0.1) is 6.54 Å². The van der Waals surface area contributed by atoms with E-state index in [-0.39, 0.29) is 0 Å². The van der Waals surface area contributed by atoms with E-state index in [4.69, 9.17) is 5.73 Å². The van der Waals surface area contributed by atoms with Crippen molar-refractivity contribution in [2.45, 2.75) is 13.5 Å². The first-order chi connectivity index (χ1) is 6.75. The average Bonchev–Trinajstić information content (AvgIpc) is 2.56. The fourth-order valence-electron chi connectivity index (χ4n) is 1.26. The minimum atomic E-state index is 0.450. The van der Waals surface area contributed by atoms with Crippen molar-refractivity contribution in [2.75, 3.05) is 5.73 Å². The lowest BCUT2D eigenvalue weighted by Gasteiger charge is -2.02. The second-order valence-electron chi connectivity index (χ2n) is 3.26. The first-order valence-corrected chi connectivity index (χ1v) is 4.44. The van der Waals surface area contributed by atoms with E-state index in [1.807, 2.05) is 0 Å². The van der Waals surface area contributed by atoms with Crippen molar-refractivity contribution in [1.29, 1.82) is 0 Å². The third kappa shape index (κ3) is 1.74. The number of aryl methyl sites for hydroxylation is 1. The number of rotatable bonds is 2. The van der Waals surface area contributed by atoms with Crippen LogP contribution in [-0.2, 0) is 6.54 Å². The summed E-state index contributed by atoms with van der Waals surface area (Å²) in [6.45, 7) is 2.74. The molecular formula is C10H12N4. The van der Waals surface area contributed by atoms with E-state index in [2.05, 4.69) is 41.3 Å². The summed E-state index contributed by atoms with van der Waals surface area (Å²) in [6.07, 6.45) is 1.46. The second-order valence-corrected chi connectivity index (χ2v) is 3.26. The number of nitrogens with zero attached hydrogens (tertiary/aromatic N) is 3. The van der Waals surface area contributed by atoms with Crippen LogP contribution in [0, 0.1) is 6.92 Å². The van der Waals surface area contributed by atoms with E-state index in [1.54, 1.807) is 4.68 Å². The quantitative estimate of drug-likeness (QED) is 0.770. The van der Waals surface area contributed by atoms with Gasteiger partial charge in [-0.2, -0.15) is 5.10 Å². The Balaban J connectivity index is 2.19. The Kier molecular flexibility index (Phi) is 2.18. The highest BCUT2D eigenvalue weighted by Gasteiger charge is 1.99. The molecule has 0 saturated heterocycles. The number of hydrogen-bond acceptors (Lipinski definition) is 3. The Labute approximate surface area is 82.4 Å². The van der Waals surface area contributed by atoms with Crippen LogP contribution in [-0.4, -0.2) is 14.8 Å². The van der Waals surface area contributed by atoms with Crippen molar-refractivity contribution < 1.29 is 0 Å². The minimum absolute atomic E-state index is 0.450.